The van der Waals surface area contributed by atoms with E-state index in [2.05, 4.69) is 41.4 Å². The summed E-state index contributed by atoms with van der Waals surface area (Å²) in [5.41, 5.74) is 6.11. The van der Waals surface area contributed by atoms with Gasteiger partial charge in [0, 0.05) is 24.0 Å². The molecule has 4 aromatic rings. The molecule has 9 nitrogen and oxygen atoms in total. The molecule has 0 saturated carbocycles. The normalized spacial score (nSPS) is 10.6. The van der Waals surface area contributed by atoms with Gasteiger partial charge in [-0.25, -0.2) is 5.43 Å². The molecule has 1 heterocycles. The molecule has 0 spiro atoms. The lowest BCUT2D eigenvalue weighted by molar-refractivity contribution is -0.114. The number of amides is 1. The van der Waals surface area contributed by atoms with E-state index in [9.17, 15) is 4.79 Å². The molecular formula is C24H22N8O. The molecule has 0 bridgehead atoms. The predicted octanol–water partition coefficient (Wildman–Crippen LogP) is 4.76. The summed E-state index contributed by atoms with van der Waals surface area (Å²) in [5, 5.41) is 13.3. The molecule has 0 radical (unpaired) electrons. The highest BCUT2D eigenvalue weighted by molar-refractivity contribution is 5.89. The topological polar surface area (TPSA) is 116 Å². The van der Waals surface area contributed by atoms with Crippen molar-refractivity contribution in [3.05, 3.63) is 90.5 Å². The third-order valence-electron chi connectivity index (χ3n) is 4.30. The van der Waals surface area contributed by atoms with Gasteiger partial charge in [0.1, 0.15) is 0 Å². The minimum Gasteiger partial charge on any atom is -0.326 e. The van der Waals surface area contributed by atoms with Gasteiger partial charge in [-0.1, -0.05) is 48.5 Å². The smallest absolute Gasteiger partial charge is 0.250 e. The van der Waals surface area contributed by atoms with E-state index in [-0.39, 0.29) is 11.9 Å². The first-order valence-corrected chi connectivity index (χ1v) is 10.2. The fourth-order valence-corrected chi connectivity index (χ4v) is 2.86. The molecule has 0 fully saturated rings. The number of hydrogen-bond donors (Lipinski definition) is 4. The third-order valence-corrected chi connectivity index (χ3v) is 4.30. The number of benzene rings is 3. The van der Waals surface area contributed by atoms with Crippen molar-refractivity contribution in [2.45, 2.75) is 6.92 Å². The molecule has 0 atom stereocenters. The van der Waals surface area contributed by atoms with Gasteiger partial charge in [0.05, 0.1) is 6.21 Å². The second-order valence-corrected chi connectivity index (χ2v) is 6.96. The summed E-state index contributed by atoms with van der Waals surface area (Å²) in [5.74, 6) is 0.889. The molecule has 33 heavy (non-hydrogen) atoms. The van der Waals surface area contributed by atoms with Crippen molar-refractivity contribution in [1.82, 2.24) is 15.0 Å². The number of nitrogens with zero attached hydrogens (tertiary/aromatic N) is 4. The molecule has 0 aliphatic rings. The zero-order valence-corrected chi connectivity index (χ0v) is 17.9. The number of anilines is 6. The van der Waals surface area contributed by atoms with Crippen LogP contribution in [0, 0.1) is 0 Å². The van der Waals surface area contributed by atoms with Crippen molar-refractivity contribution in [3.63, 3.8) is 0 Å². The van der Waals surface area contributed by atoms with Crippen molar-refractivity contribution >= 4 is 47.0 Å². The van der Waals surface area contributed by atoms with Crippen LogP contribution in [0.1, 0.15) is 12.5 Å². The molecule has 0 aliphatic carbocycles. The standard InChI is InChI=1S/C24H22N8O/c1-17(33)26-21-14-12-18(13-15-21)16-25-32-24-30-22(27-19-8-4-2-5-9-19)29-23(31-24)28-20-10-6-3-7-11-20/h2-16H,1H3,(H,26,33)(H3,27,28,29,30,31,32)/b25-16+. The Labute approximate surface area is 191 Å². The molecule has 0 saturated heterocycles. The highest BCUT2D eigenvalue weighted by Gasteiger charge is 2.07. The lowest BCUT2D eigenvalue weighted by atomic mass is 10.2. The van der Waals surface area contributed by atoms with E-state index in [1.165, 1.54) is 6.92 Å². The van der Waals surface area contributed by atoms with Gasteiger partial charge in [-0.05, 0) is 42.0 Å². The molecule has 3 aromatic carbocycles. The largest absolute Gasteiger partial charge is 0.326 e. The average molecular weight is 438 g/mol. The van der Waals surface area contributed by atoms with Crippen molar-refractivity contribution in [2.24, 2.45) is 5.10 Å². The number of carbonyl (C=O) groups excluding carboxylic acids is 1. The van der Waals surface area contributed by atoms with E-state index in [0.717, 1.165) is 22.6 Å². The summed E-state index contributed by atoms with van der Waals surface area (Å²) in [6.07, 6.45) is 1.63. The molecule has 4 rings (SSSR count). The summed E-state index contributed by atoms with van der Waals surface area (Å²) in [6, 6.07) is 26.5. The van der Waals surface area contributed by atoms with Gasteiger partial charge >= 0.3 is 0 Å². The maximum atomic E-state index is 11.1. The molecular weight excluding hydrogens is 416 g/mol. The van der Waals surface area contributed by atoms with E-state index in [0.29, 0.717) is 11.9 Å². The van der Waals surface area contributed by atoms with Crippen LogP contribution < -0.4 is 21.4 Å². The number of rotatable bonds is 8. The second-order valence-electron chi connectivity index (χ2n) is 6.96. The van der Waals surface area contributed by atoms with Crippen molar-refractivity contribution in [3.8, 4) is 0 Å². The van der Waals surface area contributed by atoms with E-state index >= 15 is 0 Å². The van der Waals surface area contributed by atoms with Gasteiger partial charge in [-0.15, -0.1) is 0 Å². The third kappa shape index (κ3) is 6.59. The first kappa shape index (κ1) is 21.4. The summed E-state index contributed by atoms with van der Waals surface area (Å²) >= 11 is 0. The Balaban J connectivity index is 1.51. The van der Waals surface area contributed by atoms with Crippen molar-refractivity contribution in [1.29, 1.82) is 0 Å². The van der Waals surface area contributed by atoms with Gasteiger partial charge < -0.3 is 16.0 Å². The zero-order chi connectivity index (χ0) is 22.9. The Bertz CT molecular complexity index is 1170. The Morgan fingerprint density at radius 2 is 1.21 bits per heavy atom. The Morgan fingerprint density at radius 1 is 0.697 bits per heavy atom. The van der Waals surface area contributed by atoms with E-state index in [4.69, 9.17) is 0 Å². The van der Waals surface area contributed by atoms with Gasteiger partial charge in [0.15, 0.2) is 0 Å². The Morgan fingerprint density at radius 3 is 1.73 bits per heavy atom. The number of nitrogens with one attached hydrogen (secondary N) is 4. The lowest BCUT2D eigenvalue weighted by Gasteiger charge is -2.10. The highest BCUT2D eigenvalue weighted by atomic mass is 16.1. The van der Waals surface area contributed by atoms with E-state index in [1.807, 2.05) is 72.8 Å². The van der Waals surface area contributed by atoms with Crippen LogP contribution in [0.5, 0.6) is 0 Å². The first-order valence-electron chi connectivity index (χ1n) is 10.2. The number of para-hydroxylation sites is 2. The fourth-order valence-electron chi connectivity index (χ4n) is 2.86. The van der Waals surface area contributed by atoms with Crippen LogP contribution in [0.25, 0.3) is 0 Å². The zero-order valence-electron chi connectivity index (χ0n) is 17.9. The Hall–Kier alpha value is -4.79. The maximum Gasteiger partial charge on any atom is 0.250 e. The number of carbonyl (C=O) groups is 1. The van der Waals surface area contributed by atoms with Crippen molar-refractivity contribution in [2.75, 3.05) is 21.4 Å². The first-order chi connectivity index (χ1) is 16.1. The summed E-state index contributed by atoms with van der Waals surface area (Å²) in [6.45, 7) is 1.47. The van der Waals surface area contributed by atoms with Gasteiger partial charge in [0.25, 0.3) is 0 Å². The van der Waals surface area contributed by atoms with Crippen LogP contribution in [0.15, 0.2) is 90.0 Å². The van der Waals surface area contributed by atoms with E-state index < -0.39 is 0 Å². The number of hydrogen-bond acceptors (Lipinski definition) is 8. The minimum atomic E-state index is -0.118. The van der Waals surface area contributed by atoms with Gasteiger partial charge in [-0.3, -0.25) is 4.79 Å². The predicted molar refractivity (Wildman–Crippen MR) is 131 cm³/mol. The molecule has 0 aliphatic heterocycles. The van der Waals surface area contributed by atoms with Crippen LogP contribution in [0.3, 0.4) is 0 Å². The van der Waals surface area contributed by atoms with Crippen LogP contribution in [0.2, 0.25) is 0 Å². The molecule has 1 amide bonds. The second kappa shape index (κ2) is 10.5. The molecule has 9 heteroatoms. The van der Waals surface area contributed by atoms with Crippen LogP contribution >= 0.6 is 0 Å². The monoisotopic (exact) mass is 438 g/mol. The summed E-state index contributed by atoms with van der Waals surface area (Å²) in [7, 11) is 0. The quantitative estimate of drug-likeness (QED) is 0.231. The van der Waals surface area contributed by atoms with Gasteiger partial charge in [-0.2, -0.15) is 20.1 Å². The van der Waals surface area contributed by atoms with Crippen LogP contribution in [-0.4, -0.2) is 27.1 Å². The SMILES string of the molecule is CC(=O)Nc1ccc(/C=N/Nc2nc(Nc3ccccc3)nc(Nc3ccccc3)n2)cc1. The summed E-state index contributed by atoms with van der Waals surface area (Å²) < 4.78 is 0. The van der Waals surface area contributed by atoms with Gasteiger partial charge in [0.2, 0.25) is 23.8 Å². The average Bonchev–Trinajstić information content (AvgIpc) is 2.81. The summed E-state index contributed by atoms with van der Waals surface area (Å²) in [4.78, 5) is 24.4. The lowest BCUT2D eigenvalue weighted by Crippen LogP contribution is -2.07. The molecule has 1 aromatic heterocycles. The minimum absolute atomic E-state index is 0.118. The van der Waals surface area contributed by atoms with Crippen LogP contribution in [-0.2, 0) is 4.79 Å². The fraction of sp³-hybridized carbons (Fsp3) is 0.0417. The Kier molecular flexibility index (Phi) is 6.82. The molecule has 0 unspecified atom stereocenters. The molecule has 164 valence electrons. The highest BCUT2D eigenvalue weighted by Crippen LogP contribution is 2.18. The van der Waals surface area contributed by atoms with E-state index in [1.54, 1.807) is 18.3 Å². The maximum absolute atomic E-state index is 11.1. The molecule has 4 N–H and O–H groups in total. The number of aromatic nitrogens is 3. The van der Waals surface area contributed by atoms with Crippen LogP contribution in [0.4, 0.5) is 34.9 Å². The number of hydrazone groups is 1. The van der Waals surface area contributed by atoms with Crippen molar-refractivity contribution < 1.29 is 4.79 Å².